The second kappa shape index (κ2) is 8.52. The second-order valence-corrected chi connectivity index (χ2v) is 4.77. The van der Waals surface area contributed by atoms with Gasteiger partial charge in [-0.15, -0.1) is 0 Å². The average molecular weight is 332 g/mol. The van der Waals surface area contributed by atoms with Crippen LogP contribution in [0.3, 0.4) is 0 Å². The fraction of sp³-hybridized carbons (Fsp3) is 0.176. The minimum absolute atomic E-state index is 0.217. The topological polar surface area (TPSA) is 76.7 Å². The molecule has 24 heavy (non-hydrogen) atoms. The first-order chi connectivity index (χ1) is 11.6. The van der Waals surface area contributed by atoms with Gasteiger partial charge in [-0.05, 0) is 36.4 Å². The van der Waals surface area contributed by atoms with Gasteiger partial charge in [-0.3, -0.25) is 9.59 Å². The molecule has 2 amide bonds. The summed E-state index contributed by atoms with van der Waals surface area (Å²) in [5.74, 6) is -0.317. The fourth-order valence-electron chi connectivity index (χ4n) is 1.85. The number of benzene rings is 2. The third kappa shape index (κ3) is 5.28. The van der Waals surface area contributed by atoms with Crippen molar-refractivity contribution in [2.75, 3.05) is 25.6 Å². The van der Waals surface area contributed by atoms with Gasteiger partial charge in [0, 0.05) is 5.69 Å². The van der Waals surface area contributed by atoms with Crippen LogP contribution in [0, 0.1) is 5.82 Å². The maximum atomic E-state index is 12.8. The minimum Gasteiger partial charge on any atom is -0.493 e. The number of hydrogen-bond donors (Lipinski definition) is 2. The number of hydrogen-bond acceptors (Lipinski definition) is 4. The molecule has 0 aromatic heterocycles. The third-order valence-electron chi connectivity index (χ3n) is 3.00. The van der Waals surface area contributed by atoms with Gasteiger partial charge in [0.15, 0.2) is 18.1 Å². The van der Waals surface area contributed by atoms with Crippen molar-refractivity contribution in [3.8, 4) is 11.5 Å². The first-order valence-corrected chi connectivity index (χ1v) is 7.16. The number of methoxy groups -OCH3 is 1. The van der Waals surface area contributed by atoms with Gasteiger partial charge >= 0.3 is 0 Å². The largest absolute Gasteiger partial charge is 0.493 e. The van der Waals surface area contributed by atoms with E-state index in [1.165, 1.54) is 31.4 Å². The van der Waals surface area contributed by atoms with Crippen LogP contribution >= 0.6 is 0 Å². The van der Waals surface area contributed by atoms with Crippen LogP contribution < -0.4 is 20.1 Å². The molecule has 0 radical (unpaired) electrons. The maximum absolute atomic E-state index is 12.8. The van der Waals surface area contributed by atoms with E-state index in [1.54, 1.807) is 24.3 Å². The zero-order valence-corrected chi connectivity index (χ0v) is 13.0. The molecule has 126 valence electrons. The summed E-state index contributed by atoms with van der Waals surface area (Å²) in [7, 11) is 1.50. The summed E-state index contributed by atoms with van der Waals surface area (Å²) < 4.78 is 23.2. The first kappa shape index (κ1) is 17.3. The van der Waals surface area contributed by atoms with Crippen molar-refractivity contribution in [1.82, 2.24) is 5.32 Å². The molecule has 6 nitrogen and oxygen atoms in total. The van der Waals surface area contributed by atoms with Crippen LogP contribution in [0.4, 0.5) is 10.1 Å². The van der Waals surface area contributed by atoms with Crippen LogP contribution in [0.5, 0.6) is 11.5 Å². The summed E-state index contributed by atoms with van der Waals surface area (Å²) in [5, 5.41) is 4.97. The van der Waals surface area contributed by atoms with Gasteiger partial charge in [-0.25, -0.2) is 4.39 Å². The van der Waals surface area contributed by atoms with Crippen LogP contribution in [-0.2, 0) is 9.59 Å². The number of halogens is 1. The predicted molar refractivity (Wildman–Crippen MR) is 86.5 cm³/mol. The van der Waals surface area contributed by atoms with Crippen LogP contribution in [0.25, 0.3) is 0 Å². The van der Waals surface area contributed by atoms with Crippen molar-refractivity contribution in [2.45, 2.75) is 0 Å². The second-order valence-electron chi connectivity index (χ2n) is 4.77. The number of ether oxygens (including phenoxy) is 2. The van der Waals surface area contributed by atoms with Gasteiger partial charge in [0.1, 0.15) is 5.82 Å². The lowest BCUT2D eigenvalue weighted by Crippen LogP contribution is -2.35. The van der Waals surface area contributed by atoms with Gasteiger partial charge in [0.05, 0.1) is 13.7 Å². The van der Waals surface area contributed by atoms with E-state index in [4.69, 9.17) is 9.47 Å². The van der Waals surface area contributed by atoms with E-state index in [1.807, 2.05) is 0 Å². The van der Waals surface area contributed by atoms with E-state index >= 15 is 0 Å². The molecule has 2 aromatic carbocycles. The monoisotopic (exact) mass is 332 g/mol. The van der Waals surface area contributed by atoms with Gasteiger partial charge in [-0.2, -0.15) is 0 Å². The Bertz CT molecular complexity index is 704. The molecule has 0 saturated heterocycles. The molecular weight excluding hydrogens is 315 g/mol. The molecule has 0 spiro atoms. The molecular formula is C17H17FN2O4. The number of carbonyl (C=O) groups excluding carboxylic acids is 2. The third-order valence-corrected chi connectivity index (χ3v) is 3.00. The van der Waals surface area contributed by atoms with E-state index in [0.29, 0.717) is 17.2 Å². The summed E-state index contributed by atoms with van der Waals surface area (Å²) in [5.41, 5.74) is 0.445. The summed E-state index contributed by atoms with van der Waals surface area (Å²) >= 11 is 0. The Labute approximate surface area is 138 Å². The van der Waals surface area contributed by atoms with E-state index in [-0.39, 0.29) is 13.2 Å². The zero-order valence-electron chi connectivity index (χ0n) is 13.0. The molecule has 0 fully saturated rings. The highest BCUT2D eigenvalue weighted by Crippen LogP contribution is 2.25. The number of carbonyl (C=O) groups is 2. The average Bonchev–Trinajstić information content (AvgIpc) is 2.60. The van der Waals surface area contributed by atoms with Gasteiger partial charge < -0.3 is 20.1 Å². The molecule has 7 heteroatoms. The van der Waals surface area contributed by atoms with E-state index in [0.717, 1.165) is 0 Å². The molecule has 2 aromatic rings. The molecule has 0 aliphatic rings. The number of nitrogens with one attached hydrogen (secondary N) is 2. The molecule has 0 saturated carbocycles. The van der Waals surface area contributed by atoms with Gasteiger partial charge in [0.25, 0.3) is 5.91 Å². The fourth-order valence-corrected chi connectivity index (χ4v) is 1.85. The van der Waals surface area contributed by atoms with Gasteiger partial charge in [0.2, 0.25) is 5.91 Å². The number of rotatable bonds is 7. The van der Waals surface area contributed by atoms with Crippen molar-refractivity contribution in [3.05, 3.63) is 54.3 Å². The molecule has 2 rings (SSSR count). The van der Waals surface area contributed by atoms with Crippen molar-refractivity contribution in [3.63, 3.8) is 0 Å². The highest BCUT2D eigenvalue weighted by atomic mass is 19.1. The summed E-state index contributed by atoms with van der Waals surface area (Å²) in [6.07, 6.45) is 0. The lowest BCUT2D eigenvalue weighted by Gasteiger charge is -2.10. The Hall–Kier alpha value is -3.09. The number of para-hydroxylation sites is 2. The van der Waals surface area contributed by atoms with Crippen LogP contribution in [0.2, 0.25) is 0 Å². The minimum atomic E-state index is -0.449. The Kier molecular flexibility index (Phi) is 6.13. The van der Waals surface area contributed by atoms with Gasteiger partial charge in [-0.1, -0.05) is 12.1 Å². The molecule has 0 atom stereocenters. The van der Waals surface area contributed by atoms with E-state index < -0.39 is 17.6 Å². The highest BCUT2D eigenvalue weighted by Gasteiger charge is 2.09. The molecule has 0 bridgehead atoms. The van der Waals surface area contributed by atoms with Crippen molar-refractivity contribution in [1.29, 1.82) is 0 Å². The van der Waals surface area contributed by atoms with Crippen LogP contribution in [0.15, 0.2) is 48.5 Å². The SMILES string of the molecule is COc1ccccc1OCC(=O)NCC(=O)Nc1ccc(F)cc1. The van der Waals surface area contributed by atoms with Crippen LogP contribution in [0.1, 0.15) is 0 Å². The van der Waals surface area contributed by atoms with Crippen molar-refractivity contribution < 1.29 is 23.5 Å². The quantitative estimate of drug-likeness (QED) is 0.813. The Balaban J connectivity index is 1.74. The Morgan fingerprint density at radius 3 is 2.33 bits per heavy atom. The molecule has 0 heterocycles. The Morgan fingerprint density at radius 2 is 1.67 bits per heavy atom. The standard InChI is InChI=1S/C17H17FN2O4/c1-23-14-4-2-3-5-15(14)24-11-17(22)19-10-16(21)20-13-8-6-12(18)7-9-13/h2-9H,10-11H2,1H3,(H,19,22)(H,20,21). The van der Waals surface area contributed by atoms with Crippen molar-refractivity contribution in [2.24, 2.45) is 0 Å². The maximum Gasteiger partial charge on any atom is 0.258 e. The van der Waals surface area contributed by atoms with E-state index in [9.17, 15) is 14.0 Å². The number of amides is 2. The molecule has 0 aliphatic carbocycles. The predicted octanol–water partition coefficient (Wildman–Crippen LogP) is 1.97. The summed E-state index contributed by atoms with van der Waals surface area (Å²) in [4.78, 5) is 23.4. The number of anilines is 1. The highest BCUT2D eigenvalue weighted by molar-refractivity contribution is 5.94. The smallest absolute Gasteiger partial charge is 0.258 e. The lowest BCUT2D eigenvalue weighted by molar-refractivity contribution is -0.125. The summed E-state index contributed by atoms with van der Waals surface area (Å²) in [6, 6.07) is 12.2. The van der Waals surface area contributed by atoms with Crippen molar-refractivity contribution >= 4 is 17.5 Å². The molecule has 0 unspecified atom stereocenters. The summed E-state index contributed by atoms with van der Waals surface area (Å²) in [6.45, 7) is -0.463. The molecule has 2 N–H and O–H groups in total. The van der Waals surface area contributed by atoms with E-state index in [2.05, 4.69) is 10.6 Å². The zero-order chi connectivity index (χ0) is 17.4. The lowest BCUT2D eigenvalue weighted by atomic mass is 10.3. The van der Waals surface area contributed by atoms with Crippen LogP contribution in [-0.4, -0.2) is 32.1 Å². The first-order valence-electron chi connectivity index (χ1n) is 7.16. The molecule has 0 aliphatic heterocycles. The Morgan fingerprint density at radius 1 is 1.00 bits per heavy atom. The normalized spacial score (nSPS) is 9.92.